The number of aromatic nitrogens is 2. The maximum atomic E-state index is 5.66. The van der Waals surface area contributed by atoms with Crippen LogP contribution in [0.4, 0.5) is 0 Å². The predicted octanol–water partition coefficient (Wildman–Crippen LogP) is 2.17. The summed E-state index contributed by atoms with van der Waals surface area (Å²) in [5.41, 5.74) is 0.987. The van der Waals surface area contributed by atoms with Gasteiger partial charge < -0.3 is 0 Å². The van der Waals surface area contributed by atoms with Crippen LogP contribution in [0.2, 0.25) is 0 Å². The minimum absolute atomic E-state index is 0.322. The minimum atomic E-state index is 0.322. The van der Waals surface area contributed by atoms with Gasteiger partial charge in [-0.25, -0.2) is 0 Å². The smallest absolute Gasteiger partial charge is 0.0746 e. The first-order valence-corrected chi connectivity index (χ1v) is 5.05. The molecule has 0 N–H and O–H groups in total. The molecule has 1 aromatic heterocycles. The standard InChI is InChI=1S/C6H8Cl2N2S/c7-2-5(3-8)1-6-4-9-11-10-6/h4-5H,1-3H2. The number of hydrogen-bond donors (Lipinski definition) is 0. The number of hydrogen-bond acceptors (Lipinski definition) is 3. The quantitative estimate of drug-likeness (QED) is 0.713. The Morgan fingerprint density at radius 1 is 1.45 bits per heavy atom. The molecule has 1 heterocycles. The van der Waals surface area contributed by atoms with Crippen LogP contribution < -0.4 is 0 Å². The third-order valence-corrected chi connectivity index (χ3v) is 2.73. The lowest BCUT2D eigenvalue weighted by molar-refractivity contribution is 0.653. The molecule has 0 fully saturated rings. The van der Waals surface area contributed by atoms with Crippen molar-refractivity contribution in [3.8, 4) is 0 Å². The van der Waals surface area contributed by atoms with Gasteiger partial charge in [-0.3, -0.25) is 0 Å². The van der Waals surface area contributed by atoms with Crippen molar-refractivity contribution in [1.29, 1.82) is 0 Å². The third kappa shape index (κ3) is 2.93. The van der Waals surface area contributed by atoms with E-state index in [0.717, 1.165) is 12.1 Å². The summed E-state index contributed by atoms with van der Waals surface area (Å²) < 4.78 is 7.95. The van der Waals surface area contributed by atoms with Crippen molar-refractivity contribution in [3.05, 3.63) is 11.9 Å². The number of alkyl halides is 2. The van der Waals surface area contributed by atoms with Crippen molar-refractivity contribution in [3.63, 3.8) is 0 Å². The first kappa shape index (κ1) is 9.23. The van der Waals surface area contributed by atoms with Gasteiger partial charge in [0, 0.05) is 11.8 Å². The first-order chi connectivity index (χ1) is 5.36. The highest BCUT2D eigenvalue weighted by atomic mass is 35.5. The van der Waals surface area contributed by atoms with Gasteiger partial charge in [-0.15, -0.1) is 23.2 Å². The summed E-state index contributed by atoms with van der Waals surface area (Å²) in [6.07, 6.45) is 2.60. The average Bonchev–Trinajstić information content (AvgIpc) is 2.52. The first-order valence-electron chi connectivity index (χ1n) is 3.25. The molecule has 2 nitrogen and oxygen atoms in total. The molecule has 1 aromatic rings. The van der Waals surface area contributed by atoms with Gasteiger partial charge in [0.1, 0.15) is 0 Å². The molecule has 0 aliphatic heterocycles. The second-order valence-electron chi connectivity index (χ2n) is 2.28. The molecule has 0 bridgehead atoms. The molecule has 0 radical (unpaired) electrons. The maximum absolute atomic E-state index is 5.66. The molecule has 0 amide bonds. The van der Waals surface area contributed by atoms with Crippen LogP contribution in [0.25, 0.3) is 0 Å². The van der Waals surface area contributed by atoms with Gasteiger partial charge in [0.05, 0.1) is 23.6 Å². The molecular formula is C6H8Cl2N2S. The molecule has 0 aromatic carbocycles. The lowest BCUT2D eigenvalue weighted by atomic mass is 10.1. The molecule has 5 heteroatoms. The van der Waals surface area contributed by atoms with E-state index >= 15 is 0 Å². The summed E-state index contributed by atoms with van der Waals surface area (Å²) >= 11 is 12.5. The molecule has 0 saturated heterocycles. The molecule has 62 valence electrons. The highest BCUT2D eigenvalue weighted by Gasteiger charge is 2.08. The Hall–Kier alpha value is 0.140. The molecular weight excluding hydrogens is 203 g/mol. The van der Waals surface area contributed by atoms with Gasteiger partial charge >= 0.3 is 0 Å². The Morgan fingerprint density at radius 2 is 2.18 bits per heavy atom. The van der Waals surface area contributed by atoms with Crippen molar-refractivity contribution in [1.82, 2.24) is 8.75 Å². The Morgan fingerprint density at radius 3 is 2.64 bits per heavy atom. The fourth-order valence-electron chi connectivity index (χ4n) is 0.720. The van der Waals surface area contributed by atoms with Crippen LogP contribution in [0.15, 0.2) is 6.20 Å². The van der Waals surface area contributed by atoms with Crippen LogP contribution in [-0.2, 0) is 6.42 Å². The summed E-state index contributed by atoms with van der Waals surface area (Å²) in [5.74, 6) is 1.49. The summed E-state index contributed by atoms with van der Waals surface area (Å²) in [5, 5.41) is 0. The van der Waals surface area contributed by atoms with Gasteiger partial charge in [-0.1, -0.05) is 0 Å². The van der Waals surface area contributed by atoms with Crippen molar-refractivity contribution in [2.45, 2.75) is 6.42 Å². The van der Waals surface area contributed by atoms with Crippen molar-refractivity contribution in [2.75, 3.05) is 11.8 Å². The van der Waals surface area contributed by atoms with E-state index in [9.17, 15) is 0 Å². The fraction of sp³-hybridized carbons (Fsp3) is 0.667. The zero-order valence-corrected chi connectivity index (χ0v) is 8.16. The minimum Gasteiger partial charge on any atom is -0.181 e. The van der Waals surface area contributed by atoms with Gasteiger partial charge in [0.2, 0.25) is 0 Å². The molecule has 11 heavy (non-hydrogen) atoms. The van der Waals surface area contributed by atoms with Crippen molar-refractivity contribution in [2.24, 2.45) is 5.92 Å². The van der Waals surface area contributed by atoms with E-state index in [0.29, 0.717) is 17.7 Å². The monoisotopic (exact) mass is 210 g/mol. The van der Waals surface area contributed by atoms with Gasteiger partial charge in [-0.05, 0) is 12.3 Å². The topological polar surface area (TPSA) is 25.8 Å². The summed E-state index contributed by atoms with van der Waals surface area (Å²) in [6.45, 7) is 0. The molecule has 0 saturated carbocycles. The molecule has 0 unspecified atom stereocenters. The van der Waals surface area contributed by atoms with Crippen LogP contribution in [0.3, 0.4) is 0 Å². The highest BCUT2D eigenvalue weighted by Crippen LogP contribution is 2.10. The van der Waals surface area contributed by atoms with Gasteiger partial charge in [0.25, 0.3) is 0 Å². The second kappa shape index (κ2) is 4.91. The fourth-order valence-corrected chi connectivity index (χ4v) is 1.71. The van der Waals surface area contributed by atoms with Crippen LogP contribution >= 0.6 is 34.9 Å². The Bertz CT molecular complexity index is 186. The van der Waals surface area contributed by atoms with Crippen molar-refractivity contribution >= 4 is 34.9 Å². The van der Waals surface area contributed by atoms with Gasteiger partial charge in [-0.2, -0.15) is 8.75 Å². The van der Waals surface area contributed by atoms with Crippen LogP contribution in [0, 0.1) is 5.92 Å². The molecule has 0 aliphatic rings. The van der Waals surface area contributed by atoms with E-state index in [-0.39, 0.29) is 0 Å². The predicted molar refractivity (Wildman–Crippen MR) is 48.5 cm³/mol. The Balaban J connectivity index is 2.41. The third-order valence-electron chi connectivity index (χ3n) is 1.34. The Labute approximate surface area is 79.9 Å². The van der Waals surface area contributed by atoms with Crippen LogP contribution in [0.1, 0.15) is 5.69 Å². The zero-order chi connectivity index (χ0) is 8.10. The molecule has 0 spiro atoms. The molecule has 1 rings (SSSR count). The summed E-state index contributed by atoms with van der Waals surface area (Å²) in [4.78, 5) is 0. The molecule has 0 atom stereocenters. The normalized spacial score (nSPS) is 10.8. The van der Waals surface area contributed by atoms with E-state index < -0.39 is 0 Å². The largest absolute Gasteiger partial charge is 0.181 e. The van der Waals surface area contributed by atoms with E-state index in [2.05, 4.69) is 8.75 Å². The van der Waals surface area contributed by atoms with Gasteiger partial charge in [0.15, 0.2) is 0 Å². The summed E-state index contributed by atoms with van der Waals surface area (Å²) in [7, 11) is 0. The zero-order valence-electron chi connectivity index (χ0n) is 5.83. The lowest BCUT2D eigenvalue weighted by Crippen LogP contribution is -2.07. The lowest BCUT2D eigenvalue weighted by Gasteiger charge is -2.05. The van der Waals surface area contributed by atoms with Crippen LogP contribution in [0.5, 0.6) is 0 Å². The van der Waals surface area contributed by atoms with E-state index in [1.165, 1.54) is 11.7 Å². The summed E-state index contributed by atoms with van der Waals surface area (Å²) in [6, 6.07) is 0. The number of halogens is 2. The Kier molecular flexibility index (Phi) is 4.12. The number of rotatable bonds is 4. The number of nitrogens with zero attached hydrogens (tertiary/aromatic N) is 2. The van der Waals surface area contributed by atoms with E-state index in [4.69, 9.17) is 23.2 Å². The molecule has 0 aliphatic carbocycles. The van der Waals surface area contributed by atoms with Crippen molar-refractivity contribution < 1.29 is 0 Å². The maximum Gasteiger partial charge on any atom is 0.0746 e. The SMILES string of the molecule is ClCC(CCl)Cc1cnsn1. The van der Waals surface area contributed by atoms with E-state index in [1.54, 1.807) is 6.20 Å². The van der Waals surface area contributed by atoms with E-state index in [1.807, 2.05) is 0 Å². The van der Waals surface area contributed by atoms with Crippen LogP contribution in [-0.4, -0.2) is 20.5 Å². The highest BCUT2D eigenvalue weighted by molar-refractivity contribution is 6.99. The second-order valence-corrected chi connectivity index (χ2v) is 3.45. The average molecular weight is 211 g/mol.